The van der Waals surface area contributed by atoms with Crippen molar-refractivity contribution in [2.45, 2.75) is 18.4 Å². The van der Waals surface area contributed by atoms with E-state index in [2.05, 4.69) is 153 Å². The third-order valence-corrected chi connectivity index (χ3v) is 11.9. The van der Waals surface area contributed by atoms with Crippen molar-refractivity contribution < 1.29 is 13.4 Å². The molecule has 2 unspecified atom stereocenters. The van der Waals surface area contributed by atoms with Crippen LogP contribution in [-0.2, 0) is 6.42 Å². The molecule has 11 aromatic rings. The van der Waals surface area contributed by atoms with Crippen LogP contribution >= 0.6 is 0 Å². The number of furan rings is 1. The number of aromatic nitrogens is 3. The van der Waals surface area contributed by atoms with Crippen molar-refractivity contribution in [3.8, 4) is 11.3 Å². The van der Waals surface area contributed by atoms with E-state index in [4.69, 9.17) is 4.42 Å². The second-order valence-corrected chi connectivity index (χ2v) is 14.0. The molecule has 13 rings (SSSR count). The van der Waals surface area contributed by atoms with Crippen LogP contribution in [0.3, 0.4) is 0 Å². The van der Waals surface area contributed by atoms with Gasteiger partial charge in [0.2, 0.25) is 28.3 Å². The highest BCUT2D eigenvalue weighted by Crippen LogP contribution is 2.51. The Hall–Kier alpha value is -6.26. The van der Waals surface area contributed by atoms with E-state index in [1.807, 2.05) is 0 Å². The zero-order valence-electron chi connectivity index (χ0n) is 26.4. The molecule has 7 heterocycles. The van der Waals surface area contributed by atoms with Gasteiger partial charge in [0.1, 0.15) is 16.6 Å². The Morgan fingerprint density at radius 2 is 1.49 bits per heavy atom. The van der Waals surface area contributed by atoms with Crippen molar-refractivity contribution in [3.63, 3.8) is 0 Å². The molecule has 2 atom stereocenters. The molecule has 0 bridgehead atoms. The highest BCUT2D eigenvalue weighted by Gasteiger charge is 2.48. The van der Waals surface area contributed by atoms with E-state index in [0.29, 0.717) is 5.92 Å². The first-order valence-electron chi connectivity index (χ1n) is 17.2. The van der Waals surface area contributed by atoms with Gasteiger partial charge in [-0.2, -0.15) is 8.97 Å². The van der Waals surface area contributed by atoms with Crippen LogP contribution in [0.5, 0.6) is 0 Å². The Bertz CT molecular complexity index is 3270. The van der Waals surface area contributed by atoms with Gasteiger partial charge in [-0.1, -0.05) is 48.5 Å². The van der Waals surface area contributed by atoms with Crippen molar-refractivity contribution in [1.29, 1.82) is 0 Å². The summed E-state index contributed by atoms with van der Waals surface area (Å²) >= 11 is 0. The van der Waals surface area contributed by atoms with Crippen LogP contribution in [-0.4, -0.2) is 4.40 Å². The Morgan fingerprint density at radius 3 is 2.49 bits per heavy atom. The molecule has 4 heteroatoms. The third-order valence-electron chi connectivity index (χ3n) is 11.9. The second-order valence-electron chi connectivity index (χ2n) is 14.0. The summed E-state index contributed by atoms with van der Waals surface area (Å²) in [4.78, 5) is 0. The minimum atomic E-state index is 0.214. The predicted molar refractivity (Wildman–Crippen MR) is 196 cm³/mol. The van der Waals surface area contributed by atoms with E-state index in [9.17, 15) is 0 Å². The lowest BCUT2D eigenvalue weighted by atomic mass is 9.84. The van der Waals surface area contributed by atoms with Crippen LogP contribution in [0.25, 0.3) is 87.6 Å². The molecule has 6 aromatic heterocycles. The smallest absolute Gasteiger partial charge is 0.228 e. The molecule has 4 nitrogen and oxygen atoms in total. The van der Waals surface area contributed by atoms with Crippen molar-refractivity contribution in [3.05, 3.63) is 157 Å². The Labute approximate surface area is 279 Å². The van der Waals surface area contributed by atoms with Crippen molar-refractivity contribution in [2.75, 3.05) is 0 Å². The van der Waals surface area contributed by atoms with E-state index in [-0.39, 0.29) is 6.04 Å². The molecule has 0 amide bonds. The monoisotopic (exact) mass is 625 g/mol. The van der Waals surface area contributed by atoms with Gasteiger partial charge in [-0.25, -0.2) is 0 Å². The van der Waals surface area contributed by atoms with Crippen molar-refractivity contribution in [2.24, 2.45) is 0 Å². The first-order chi connectivity index (χ1) is 24.3. The van der Waals surface area contributed by atoms with Gasteiger partial charge in [0.15, 0.2) is 6.20 Å². The molecule has 0 saturated carbocycles. The normalized spacial score (nSPS) is 16.9. The standard InChI is InChI=1S/C45H27N3O/c1-2-11-26-25(10-1)34-23-35-31-24-39-32(22-33(31)37-16-6-8-21-47(37)44(35)43(34)46-20-7-5-15-36(26)46)28-13-9-14-30-41-38(48(39)42(28)30)19-18-29-27-12-3-4-17-40(27)49-45(29)41/h1-22,24,34,43H,23H2/q+2. The van der Waals surface area contributed by atoms with Crippen LogP contribution in [0.2, 0.25) is 0 Å². The number of benzene rings is 5. The molecule has 0 radical (unpaired) electrons. The number of hydrogen-bond acceptors (Lipinski definition) is 1. The SMILES string of the molecule is c1ccc2c(c1)-c1cccc[n+]1C1c3c(c4cc5c(cc4c4ccccn34)c3cccc4c6c7oc8ccccc8c7ccc6[n+]5c34)CC21. The lowest BCUT2D eigenvalue weighted by molar-refractivity contribution is -0.707. The molecule has 49 heavy (non-hydrogen) atoms. The number of fused-ring (bicyclic) bond motifs is 23. The number of para-hydroxylation sites is 2. The third kappa shape index (κ3) is 2.83. The number of pyridine rings is 3. The molecule has 2 aliphatic rings. The van der Waals surface area contributed by atoms with Crippen LogP contribution in [0.1, 0.15) is 28.8 Å². The average molecular weight is 626 g/mol. The molecule has 1 aliphatic heterocycles. The number of rotatable bonds is 0. The average Bonchev–Trinajstić information content (AvgIpc) is 3.91. The van der Waals surface area contributed by atoms with Crippen LogP contribution in [0.4, 0.5) is 0 Å². The van der Waals surface area contributed by atoms with Crippen molar-refractivity contribution >= 4 is 76.3 Å². The highest BCUT2D eigenvalue weighted by molar-refractivity contribution is 6.26. The van der Waals surface area contributed by atoms with Gasteiger partial charge in [0.05, 0.1) is 33.3 Å². The molecule has 0 spiro atoms. The first-order valence-corrected chi connectivity index (χ1v) is 17.2. The van der Waals surface area contributed by atoms with E-state index in [1.165, 1.54) is 93.2 Å². The molecule has 0 saturated heterocycles. The molecular weight excluding hydrogens is 599 g/mol. The molecule has 0 fully saturated rings. The lowest BCUT2D eigenvalue weighted by Gasteiger charge is -2.26. The molecular formula is C45H27N3O+2. The summed E-state index contributed by atoms with van der Waals surface area (Å²) in [5, 5.41) is 10.1. The van der Waals surface area contributed by atoms with Crippen LogP contribution in [0, 0.1) is 0 Å². The van der Waals surface area contributed by atoms with E-state index >= 15 is 0 Å². The highest BCUT2D eigenvalue weighted by atomic mass is 16.3. The summed E-state index contributed by atoms with van der Waals surface area (Å²) in [7, 11) is 0. The van der Waals surface area contributed by atoms with E-state index in [1.54, 1.807) is 0 Å². The van der Waals surface area contributed by atoms with Gasteiger partial charge in [-0.3, -0.25) is 0 Å². The van der Waals surface area contributed by atoms with Crippen molar-refractivity contribution in [1.82, 2.24) is 4.40 Å². The number of hydrogen-bond donors (Lipinski definition) is 0. The molecule has 0 N–H and O–H groups in total. The summed E-state index contributed by atoms with van der Waals surface area (Å²) in [6.45, 7) is 0. The summed E-state index contributed by atoms with van der Waals surface area (Å²) in [5.41, 5.74) is 13.9. The fourth-order valence-electron chi connectivity index (χ4n) is 10.0. The minimum absolute atomic E-state index is 0.214. The summed E-state index contributed by atoms with van der Waals surface area (Å²) in [5.74, 6) is 0.360. The minimum Gasteiger partial charge on any atom is -0.455 e. The fraction of sp³-hybridized carbons (Fsp3) is 0.0667. The van der Waals surface area contributed by atoms with Gasteiger partial charge in [0.25, 0.3) is 0 Å². The summed E-state index contributed by atoms with van der Waals surface area (Å²) in [6, 6.07) is 47.3. The topological polar surface area (TPSA) is 25.5 Å². The Morgan fingerprint density at radius 1 is 0.633 bits per heavy atom. The molecule has 5 aromatic carbocycles. The first kappa shape index (κ1) is 24.9. The quantitative estimate of drug-likeness (QED) is 0.122. The maximum Gasteiger partial charge on any atom is 0.228 e. The number of nitrogens with zero attached hydrogens (tertiary/aromatic N) is 3. The fourth-order valence-corrected chi connectivity index (χ4v) is 10.0. The van der Waals surface area contributed by atoms with E-state index < -0.39 is 0 Å². The summed E-state index contributed by atoms with van der Waals surface area (Å²) < 4.78 is 14.2. The zero-order valence-corrected chi connectivity index (χ0v) is 26.4. The lowest BCUT2D eigenvalue weighted by Crippen LogP contribution is -2.46. The van der Waals surface area contributed by atoms with Crippen LogP contribution < -0.4 is 8.97 Å². The van der Waals surface area contributed by atoms with Gasteiger partial charge in [-0.15, -0.1) is 0 Å². The molecule has 1 aliphatic carbocycles. The summed E-state index contributed by atoms with van der Waals surface area (Å²) in [6.07, 6.45) is 5.57. The second kappa shape index (κ2) is 8.41. The van der Waals surface area contributed by atoms with Gasteiger partial charge >= 0.3 is 0 Å². The van der Waals surface area contributed by atoms with Gasteiger partial charge < -0.3 is 8.82 Å². The molecule has 226 valence electrons. The predicted octanol–water partition coefficient (Wildman–Crippen LogP) is 9.83. The largest absolute Gasteiger partial charge is 0.455 e. The Balaban J connectivity index is 1.19. The van der Waals surface area contributed by atoms with Gasteiger partial charge in [0, 0.05) is 52.2 Å². The van der Waals surface area contributed by atoms with Gasteiger partial charge in [-0.05, 0) is 77.5 Å². The maximum atomic E-state index is 6.61. The zero-order chi connectivity index (χ0) is 31.5. The Kier molecular flexibility index (Phi) is 4.27. The van der Waals surface area contributed by atoms with E-state index in [0.717, 1.165) is 17.6 Å². The van der Waals surface area contributed by atoms with Crippen LogP contribution in [0.15, 0.2) is 144 Å². The maximum absolute atomic E-state index is 6.61.